The fraction of sp³-hybridized carbons (Fsp3) is 0.0526. The summed E-state index contributed by atoms with van der Waals surface area (Å²) in [4.78, 5) is 12.0. The topological polar surface area (TPSA) is 78.1 Å². The molecular weight excluding hydrogens is 338 g/mol. The van der Waals surface area contributed by atoms with Crippen LogP contribution in [0.4, 0.5) is 11.4 Å². The number of hydrogen-bond donors (Lipinski definition) is 2. The van der Waals surface area contributed by atoms with Crippen molar-refractivity contribution < 1.29 is 9.21 Å². The molecule has 0 unspecified atom stereocenters. The van der Waals surface area contributed by atoms with Crippen molar-refractivity contribution in [3.05, 3.63) is 82.8 Å². The molecule has 124 valence electrons. The molecule has 3 aromatic rings. The average Bonchev–Trinajstić information content (AvgIpc) is 3.15. The lowest BCUT2D eigenvalue weighted by atomic mass is 10.1. The number of carbonyl (C=O) groups excluding carboxylic acids is 1. The van der Waals surface area contributed by atoms with Crippen molar-refractivity contribution in [3.8, 4) is 6.07 Å². The van der Waals surface area contributed by atoms with Crippen LogP contribution in [0.1, 0.15) is 21.7 Å². The van der Waals surface area contributed by atoms with Gasteiger partial charge in [0.2, 0.25) is 0 Å². The largest absolute Gasteiger partial charge is 0.459 e. The molecule has 0 fully saturated rings. The van der Waals surface area contributed by atoms with Gasteiger partial charge in [-0.25, -0.2) is 0 Å². The Morgan fingerprint density at radius 2 is 2.00 bits per heavy atom. The molecule has 0 aliphatic carbocycles. The minimum absolute atomic E-state index is 0.260. The van der Waals surface area contributed by atoms with Crippen LogP contribution in [0.15, 0.2) is 65.3 Å². The van der Waals surface area contributed by atoms with Gasteiger partial charge in [-0.05, 0) is 48.0 Å². The molecule has 0 bridgehead atoms. The first-order valence-electron chi connectivity index (χ1n) is 7.53. The van der Waals surface area contributed by atoms with Crippen LogP contribution in [0.25, 0.3) is 0 Å². The summed E-state index contributed by atoms with van der Waals surface area (Å²) < 4.78 is 5.07. The third-order valence-electron chi connectivity index (χ3n) is 3.52. The molecule has 2 aromatic carbocycles. The highest BCUT2D eigenvalue weighted by molar-refractivity contribution is 6.32. The van der Waals surface area contributed by atoms with Gasteiger partial charge in [0.1, 0.15) is 6.07 Å². The van der Waals surface area contributed by atoms with E-state index in [4.69, 9.17) is 21.3 Å². The Labute approximate surface area is 149 Å². The highest BCUT2D eigenvalue weighted by Gasteiger charge is 2.08. The van der Waals surface area contributed by atoms with E-state index in [0.717, 1.165) is 11.3 Å². The maximum Gasteiger partial charge on any atom is 0.291 e. The van der Waals surface area contributed by atoms with Crippen molar-refractivity contribution in [3.63, 3.8) is 0 Å². The minimum atomic E-state index is -0.297. The minimum Gasteiger partial charge on any atom is -0.459 e. The zero-order valence-corrected chi connectivity index (χ0v) is 13.9. The number of benzene rings is 2. The van der Waals surface area contributed by atoms with Crippen LogP contribution in [0.5, 0.6) is 0 Å². The van der Waals surface area contributed by atoms with Crippen molar-refractivity contribution in [2.75, 3.05) is 10.6 Å². The predicted octanol–water partition coefficient (Wildman–Crippen LogP) is 4.67. The molecule has 0 spiro atoms. The number of anilines is 2. The van der Waals surface area contributed by atoms with Crippen LogP contribution < -0.4 is 10.6 Å². The van der Waals surface area contributed by atoms with Gasteiger partial charge >= 0.3 is 0 Å². The molecule has 0 radical (unpaired) electrons. The number of nitrogens with one attached hydrogen (secondary N) is 2. The number of nitrogens with zero attached hydrogens (tertiary/aromatic N) is 1. The molecule has 0 saturated heterocycles. The summed E-state index contributed by atoms with van der Waals surface area (Å²) in [6.45, 7) is 0.548. The predicted molar refractivity (Wildman–Crippen MR) is 96.6 cm³/mol. The molecule has 25 heavy (non-hydrogen) atoms. The molecule has 5 nitrogen and oxygen atoms in total. The molecule has 1 aromatic heterocycles. The molecular formula is C19H14ClN3O2. The molecule has 1 amide bonds. The van der Waals surface area contributed by atoms with Gasteiger partial charge in [0, 0.05) is 17.9 Å². The van der Waals surface area contributed by atoms with Gasteiger partial charge in [0.15, 0.2) is 5.76 Å². The summed E-state index contributed by atoms with van der Waals surface area (Å²) in [5.41, 5.74) is 2.92. The molecule has 0 aliphatic heterocycles. The summed E-state index contributed by atoms with van der Waals surface area (Å²) in [5.74, 6) is -0.0373. The SMILES string of the molecule is N#Cc1ccc(NCc2cccc(NC(=O)c3ccco3)c2)cc1Cl. The third kappa shape index (κ3) is 4.19. The molecule has 1 heterocycles. The molecule has 3 rings (SSSR count). The summed E-state index contributed by atoms with van der Waals surface area (Å²) in [5, 5.41) is 15.3. The second kappa shape index (κ2) is 7.56. The van der Waals surface area contributed by atoms with Crippen molar-refractivity contribution in [1.29, 1.82) is 5.26 Å². The molecule has 0 saturated carbocycles. The van der Waals surface area contributed by atoms with Crippen molar-refractivity contribution in [2.45, 2.75) is 6.54 Å². The Morgan fingerprint density at radius 1 is 1.12 bits per heavy atom. The van der Waals surface area contributed by atoms with Gasteiger partial charge < -0.3 is 15.1 Å². The van der Waals surface area contributed by atoms with E-state index in [2.05, 4.69) is 10.6 Å². The number of carbonyl (C=O) groups is 1. The fourth-order valence-electron chi connectivity index (χ4n) is 2.28. The summed E-state index contributed by atoms with van der Waals surface area (Å²) >= 11 is 6.02. The Kier molecular flexibility index (Phi) is 5.03. The normalized spacial score (nSPS) is 10.1. The van der Waals surface area contributed by atoms with E-state index in [9.17, 15) is 4.79 Å². The highest BCUT2D eigenvalue weighted by Crippen LogP contribution is 2.21. The Bertz CT molecular complexity index is 930. The van der Waals surface area contributed by atoms with Gasteiger partial charge in [0.25, 0.3) is 5.91 Å². The summed E-state index contributed by atoms with van der Waals surface area (Å²) in [7, 11) is 0. The number of hydrogen-bond acceptors (Lipinski definition) is 4. The van der Waals surface area contributed by atoms with Gasteiger partial charge in [-0.1, -0.05) is 23.7 Å². The first-order valence-corrected chi connectivity index (χ1v) is 7.91. The van der Waals surface area contributed by atoms with Crippen LogP contribution in [-0.2, 0) is 6.54 Å². The van der Waals surface area contributed by atoms with E-state index in [0.29, 0.717) is 22.8 Å². The van der Waals surface area contributed by atoms with Gasteiger partial charge in [-0.3, -0.25) is 4.79 Å². The number of furan rings is 1. The lowest BCUT2D eigenvalue weighted by Crippen LogP contribution is -2.11. The van der Waals surface area contributed by atoms with Crippen LogP contribution in [0, 0.1) is 11.3 Å². The number of amides is 1. The first-order chi connectivity index (χ1) is 12.2. The van der Waals surface area contributed by atoms with E-state index < -0.39 is 0 Å². The van der Waals surface area contributed by atoms with Crippen molar-refractivity contribution >= 4 is 28.9 Å². The lowest BCUT2D eigenvalue weighted by molar-refractivity contribution is 0.0996. The van der Waals surface area contributed by atoms with Gasteiger partial charge in [-0.15, -0.1) is 0 Å². The monoisotopic (exact) mass is 351 g/mol. The fourth-order valence-corrected chi connectivity index (χ4v) is 2.50. The molecule has 6 heteroatoms. The highest BCUT2D eigenvalue weighted by atomic mass is 35.5. The second-order valence-electron chi connectivity index (χ2n) is 5.29. The Balaban J connectivity index is 1.65. The number of halogens is 1. The quantitative estimate of drug-likeness (QED) is 0.700. The summed E-state index contributed by atoms with van der Waals surface area (Å²) in [6.07, 6.45) is 1.46. The maximum absolute atomic E-state index is 12.0. The molecule has 0 atom stereocenters. The van der Waals surface area contributed by atoms with Crippen LogP contribution in [0.2, 0.25) is 5.02 Å². The second-order valence-corrected chi connectivity index (χ2v) is 5.70. The van der Waals surface area contributed by atoms with Crippen molar-refractivity contribution in [2.24, 2.45) is 0 Å². The van der Waals surface area contributed by atoms with Crippen LogP contribution >= 0.6 is 11.6 Å². The maximum atomic E-state index is 12.0. The van der Waals surface area contributed by atoms with E-state index in [1.165, 1.54) is 6.26 Å². The van der Waals surface area contributed by atoms with Crippen LogP contribution in [-0.4, -0.2) is 5.91 Å². The van der Waals surface area contributed by atoms with E-state index in [1.807, 2.05) is 30.3 Å². The Morgan fingerprint density at radius 3 is 2.72 bits per heavy atom. The van der Waals surface area contributed by atoms with E-state index in [-0.39, 0.29) is 11.7 Å². The average molecular weight is 352 g/mol. The lowest BCUT2D eigenvalue weighted by Gasteiger charge is -2.09. The number of nitriles is 1. The molecule has 2 N–H and O–H groups in total. The first kappa shape index (κ1) is 16.6. The summed E-state index contributed by atoms with van der Waals surface area (Å²) in [6, 6.07) is 18.0. The van der Waals surface area contributed by atoms with Gasteiger partial charge in [-0.2, -0.15) is 5.26 Å². The Hall–Kier alpha value is -3.23. The zero-order valence-electron chi connectivity index (χ0n) is 13.1. The number of rotatable bonds is 5. The molecule has 0 aliphatic rings. The van der Waals surface area contributed by atoms with Gasteiger partial charge in [0.05, 0.1) is 16.8 Å². The van der Waals surface area contributed by atoms with E-state index in [1.54, 1.807) is 30.3 Å². The van der Waals surface area contributed by atoms with E-state index >= 15 is 0 Å². The van der Waals surface area contributed by atoms with Crippen molar-refractivity contribution in [1.82, 2.24) is 0 Å². The third-order valence-corrected chi connectivity index (χ3v) is 3.83. The van der Waals surface area contributed by atoms with Crippen LogP contribution in [0.3, 0.4) is 0 Å². The smallest absolute Gasteiger partial charge is 0.291 e. The zero-order chi connectivity index (χ0) is 17.6. The standard InChI is InChI=1S/C19H14ClN3O2/c20-17-10-15(7-6-14(17)11-21)22-12-13-3-1-4-16(9-13)23-19(24)18-5-2-8-25-18/h1-10,22H,12H2,(H,23,24).